The number of aliphatic hydroxyl groups is 1. The normalized spacial score (nSPS) is 10.8. The summed E-state index contributed by atoms with van der Waals surface area (Å²) in [7, 11) is 0. The summed E-state index contributed by atoms with van der Waals surface area (Å²) in [5.41, 5.74) is -0.159. The van der Waals surface area contributed by atoms with E-state index >= 15 is 0 Å². The average molecular weight is 287 g/mol. The number of halogens is 1. The molecule has 0 aliphatic carbocycles. The van der Waals surface area contributed by atoms with Crippen molar-refractivity contribution in [2.75, 3.05) is 18.1 Å². The third-order valence-electron chi connectivity index (χ3n) is 3.05. The van der Waals surface area contributed by atoms with Gasteiger partial charge in [0.1, 0.15) is 5.82 Å². The van der Waals surface area contributed by atoms with E-state index in [0.717, 1.165) is 12.8 Å². The number of anilines is 1. The summed E-state index contributed by atoms with van der Waals surface area (Å²) in [6.07, 6.45) is 1.78. The van der Waals surface area contributed by atoms with Gasteiger partial charge in [0.2, 0.25) is 0 Å². The Hall–Kier alpha value is -1.33. The average Bonchev–Trinajstić information content (AvgIpc) is 2.39. The smallest absolute Gasteiger partial charge is 0.356 e. The van der Waals surface area contributed by atoms with Crippen molar-refractivity contribution in [1.29, 1.82) is 0 Å². The second-order valence-corrected chi connectivity index (χ2v) is 4.60. The van der Waals surface area contributed by atoms with E-state index in [1.807, 2.05) is 18.7 Å². The van der Waals surface area contributed by atoms with Gasteiger partial charge in [-0.2, -0.15) is 0 Å². The molecule has 1 rings (SSSR count). The number of rotatable bonds is 7. The number of pyridine rings is 1. The minimum Gasteiger partial charge on any atom is -0.476 e. The Balaban J connectivity index is 3.15. The fourth-order valence-electron chi connectivity index (χ4n) is 2.06. The molecule has 106 valence electrons. The highest BCUT2D eigenvalue weighted by Gasteiger charge is 2.19. The topological polar surface area (TPSA) is 73.7 Å². The standard InChI is InChI=1S/C13H19ClN2O3/c1-3-9(4-2)16(7-8-17)11-6-5-10(14)12(15-11)13(18)19/h5-6,9,17H,3-4,7-8H2,1-2H3,(H,18,19). The van der Waals surface area contributed by atoms with Gasteiger partial charge in [-0.05, 0) is 25.0 Å². The maximum atomic E-state index is 11.0. The molecule has 0 saturated heterocycles. The van der Waals surface area contributed by atoms with Crippen molar-refractivity contribution in [2.24, 2.45) is 0 Å². The van der Waals surface area contributed by atoms with Crippen LogP contribution >= 0.6 is 11.6 Å². The number of carboxylic acids is 1. The predicted molar refractivity (Wildman–Crippen MR) is 75.0 cm³/mol. The first-order chi connectivity index (χ1) is 9.04. The van der Waals surface area contributed by atoms with E-state index in [2.05, 4.69) is 4.98 Å². The van der Waals surface area contributed by atoms with E-state index in [1.54, 1.807) is 6.07 Å². The van der Waals surface area contributed by atoms with Gasteiger partial charge in [0.15, 0.2) is 5.69 Å². The van der Waals surface area contributed by atoms with Crippen molar-refractivity contribution >= 4 is 23.4 Å². The maximum absolute atomic E-state index is 11.0. The molecule has 0 spiro atoms. The van der Waals surface area contributed by atoms with E-state index in [0.29, 0.717) is 12.4 Å². The summed E-state index contributed by atoms with van der Waals surface area (Å²) in [5, 5.41) is 18.3. The number of aromatic nitrogens is 1. The zero-order valence-corrected chi connectivity index (χ0v) is 11.9. The lowest BCUT2D eigenvalue weighted by Gasteiger charge is -2.31. The monoisotopic (exact) mass is 286 g/mol. The van der Waals surface area contributed by atoms with Crippen molar-refractivity contribution in [3.8, 4) is 0 Å². The van der Waals surface area contributed by atoms with Gasteiger partial charge in [-0.15, -0.1) is 0 Å². The molecule has 19 heavy (non-hydrogen) atoms. The lowest BCUT2D eigenvalue weighted by atomic mass is 10.1. The molecule has 5 nitrogen and oxygen atoms in total. The summed E-state index contributed by atoms with van der Waals surface area (Å²) in [5.74, 6) is -0.620. The van der Waals surface area contributed by atoms with Crippen LogP contribution in [0.5, 0.6) is 0 Å². The Morgan fingerprint density at radius 1 is 1.42 bits per heavy atom. The van der Waals surface area contributed by atoms with E-state index in [9.17, 15) is 4.79 Å². The molecule has 0 bridgehead atoms. The van der Waals surface area contributed by atoms with Crippen molar-refractivity contribution in [1.82, 2.24) is 4.98 Å². The third kappa shape index (κ3) is 3.81. The van der Waals surface area contributed by atoms with Crippen LogP contribution in [0.2, 0.25) is 5.02 Å². The molecule has 6 heteroatoms. The molecule has 1 heterocycles. The lowest BCUT2D eigenvalue weighted by Crippen LogP contribution is -2.37. The zero-order chi connectivity index (χ0) is 14.4. The third-order valence-corrected chi connectivity index (χ3v) is 3.36. The first-order valence-corrected chi connectivity index (χ1v) is 6.70. The van der Waals surface area contributed by atoms with E-state index < -0.39 is 5.97 Å². The van der Waals surface area contributed by atoms with Gasteiger partial charge in [-0.3, -0.25) is 0 Å². The number of aliphatic hydroxyl groups excluding tert-OH is 1. The molecule has 0 fully saturated rings. The number of aromatic carboxylic acids is 1. The highest BCUT2D eigenvalue weighted by Crippen LogP contribution is 2.22. The van der Waals surface area contributed by atoms with Crippen LogP contribution in [-0.2, 0) is 0 Å². The molecule has 1 aromatic heterocycles. The van der Waals surface area contributed by atoms with Crippen LogP contribution < -0.4 is 4.90 Å². The van der Waals surface area contributed by atoms with Crippen LogP contribution in [0.3, 0.4) is 0 Å². The molecular weight excluding hydrogens is 268 g/mol. The quantitative estimate of drug-likeness (QED) is 0.805. The molecule has 0 aliphatic heterocycles. The van der Waals surface area contributed by atoms with Crippen LogP contribution in [-0.4, -0.2) is 40.4 Å². The molecule has 0 amide bonds. The molecule has 0 radical (unpaired) electrons. The van der Waals surface area contributed by atoms with Crippen LogP contribution in [0.1, 0.15) is 37.2 Å². The Labute approximate surface area is 117 Å². The molecular formula is C13H19ClN2O3. The van der Waals surface area contributed by atoms with Gasteiger partial charge < -0.3 is 15.1 Å². The van der Waals surface area contributed by atoms with Gasteiger partial charge in [0, 0.05) is 12.6 Å². The Bertz CT molecular complexity index is 436. The van der Waals surface area contributed by atoms with Gasteiger partial charge in [0.05, 0.1) is 11.6 Å². The fraction of sp³-hybridized carbons (Fsp3) is 0.538. The minimum absolute atomic E-state index is 0.0107. The van der Waals surface area contributed by atoms with Crippen LogP contribution in [0.25, 0.3) is 0 Å². The highest BCUT2D eigenvalue weighted by molar-refractivity contribution is 6.33. The number of carboxylic acid groups (broad SMARTS) is 1. The Morgan fingerprint density at radius 2 is 2.05 bits per heavy atom. The summed E-state index contributed by atoms with van der Waals surface area (Å²) in [4.78, 5) is 17.1. The summed E-state index contributed by atoms with van der Waals surface area (Å²) >= 11 is 5.81. The van der Waals surface area contributed by atoms with Gasteiger partial charge in [-0.1, -0.05) is 25.4 Å². The van der Waals surface area contributed by atoms with Crippen LogP contribution in [0, 0.1) is 0 Å². The molecule has 0 aromatic carbocycles. The summed E-state index contributed by atoms with van der Waals surface area (Å²) in [6.45, 7) is 4.50. The van der Waals surface area contributed by atoms with Gasteiger partial charge in [0.25, 0.3) is 0 Å². The highest BCUT2D eigenvalue weighted by atomic mass is 35.5. The summed E-state index contributed by atoms with van der Waals surface area (Å²) in [6, 6.07) is 3.42. The molecule has 2 N–H and O–H groups in total. The van der Waals surface area contributed by atoms with Crippen LogP contribution in [0.4, 0.5) is 5.82 Å². The molecule has 0 atom stereocenters. The molecule has 0 saturated carbocycles. The van der Waals surface area contributed by atoms with E-state index in [-0.39, 0.29) is 23.4 Å². The first-order valence-electron chi connectivity index (χ1n) is 6.32. The van der Waals surface area contributed by atoms with Crippen molar-refractivity contribution in [2.45, 2.75) is 32.7 Å². The first kappa shape index (κ1) is 15.7. The maximum Gasteiger partial charge on any atom is 0.356 e. The second kappa shape index (κ2) is 7.31. The lowest BCUT2D eigenvalue weighted by molar-refractivity contribution is 0.0691. The number of carbonyl (C=O) groups is 1. The second-order valence-electron chi connectivity index (χ2n) is 4.19. The minimum atomic E-state index is -1.15. The van der Waals surface area contributed by atoms with E-state index in [4.69, 9.17) is 21.8 Å². The summed E-state index contributed by atoms with van der Waals surface area (Å²) < 4.78 is 0. The van der Waals surface area contributed by atoms with Crippen molar-refractivity contribution in [3.63, 3.8) is 0 Å². The molecule has 0 unspecified atom stereocenters. The molecule has 0 aliphatic rings. The Morgan fingerprint density at radius 3 is 2.53 bits per heavy atom. The zero-order valence-electron chi connectivity index (χ0n) is 11.1. The predicted octanol–water partition coefficient (Wildman–Crippen LogP) is 2.42. The fourth-order valence-corrected chi connectivity index (χ4v) is 2.25. The Kier molecular flexibility index (Phi) is 6.05. The van der Waals surface area contributed by atoms with Crippen molar-refractivity contribution < 1.29 is 15.0 Å². The molecule has 1 aromatic rings. The number of hydrogen-bond acceptors (Lipinski definition) is 4. The number of hydrogen-bond donors (Lipinski definition) is 2. The largest absolute Gasteiger partial charge is 0.476 e. The van der Waals surface area contributed by atoms with Gasteiger partial charge >= 0.3 is 5.97 Å². The SMILES string of the molecule is CCC(CC)N(CCO)c1ccc(Cl)c(C(=O)O)n1. The van der Waals surface area contributed by atoms with Gasteiger partial charge in [-0.25, -0.2) is 9.78 Å². The van der Waals surface area contributed by atoms with Crippen molar-refractivity contribution in [3.05, 3.63) is 22.8 Å². The van der Waals surface area contributed by atoms with E-state index in [1.165, 1.54) is 6.07 Å². The number of nitrogens with zero attached hydrogens (tertiary/aromatic N) is 2. The van der Waals surface area contributed by atoms with Crippen LogP contribution in [0.15, 0.2) is 12.1 Å².